The van der Waals surface area contributed by atoms with E-state index in [0.29, 0.717) is 22.0 Å². The highest BCUT2D eigenvalue weighted by Crippen LogP contribution is 2.31. The van der Waals surface area contributed by atoms with Crippen LogP contribution in [0, 0.1) is 0 Å². The zero-order valence-corrected chi connectivity index (χ0v) is 20.5. The van der Waals surface area contributed by atoms with Crippen molar-refractivity contribution in [2.75, 3.05) is 29.6 Å². The summed E-state index contributed by atoms with van der Waals surface area (Å²) in [5, 5.41) is 6.32. The average Bonchev–Trinajstić information content (AvgIpc) is 3.31. The quantitative estimate of drug-likeness (QED) is 0.297. The second-order valence-corrected chi connectivity index (χ2v) is 10.00. The molecular formula is C26H24N4O2S2. The Bertz CT molecular complexity index is 1270. The van der Waals surface area contributed by atoms with Crippen LogP contribution < -0.4 is 15.5 Å². The molecule has 34 heavy (non-hydrogen) atoms. The summed E-state index contributed by atoms with van der Waals surface area (Å²) < 4.78 is 0.984. The Hall–Kier alpha value is -3.62. The molecule has 4 aromatic rings. The number of thioether (sulfide) groups is 1. The minimum atomic E-state index is -0.187. The number of rotatable bonds is 8. The van der Waals surface area contributed by atoms with Gasteiger partial charge in [0.25, 0.3) is 11.8 Å². The van der Waals surface area contributed by atoms with Crippen molar-refractivity contribution in [3.8, 4) is 0 Å². The van der Waals surface area contributed by atoms with E-state index in [9.17, 15) is 9.59 Å². The minimum absolute atomic E-state index is 0.139. The maximum atomic E-state index is 12.5. The molecule has 0 aliphatic rings. The van der Waals surface area contributed by atoms with Crippen molar-refractivity contribution in [2.45, 2.75) is 9.96 Å². The van der Waals surface area contributed by atoms with E-state index in [1.807, 2.05) is 79.7 Å². The Morgan fingerprint density at radius 1 is 0.882 bits per heavy atom. The predicted molar refractivity (Wildman–Crippen MR) is 141 cm³/mol. The van der Waals surface area contributed by atoms with Gasteiger partial charge in [-0.15, -0.1) is 11.8 Å². The fraction of sp³-hybridized carbons (Fsp3) is 0.115. The lowest BCUT2D eigenvalue weighted by atomic mass is 10.1. The molecule has 2 amide bonds. The molecule has 6 nitrogen and oxygen atoms in total. The van der Waals surface area contributed by atoms with E-state index in [1.54, 1.807) is 36.2 Å². The third-order valence-electron chi connectivity index (χ3n) is 4.95. The predicted octanol–water partition coefficient (Wildman–Crippen LogP) is 6.01. The molecule has 0 saturated heterocycles. The van der Waals surface area contributed by atoms with Crippen molar-refractivity contribution < 1.29 is 9.59 Å². The van der Waals surface area contributed by atoms with Gasteiger partial charge in [0.1, 0.15) is 0 Å². The molecule has 2 N–H and O–H groups in total. The SMILES string of the molecule is CN(C)c1ccc(C(=O)Nc2ncc(SCc3cccc(C(=O)Nc4ccccc4)c3)s2)cc1. The number of benzene rings is 3. The molecule has 3 aromatic carbocycles. The number of anilines is 3. The highest BCUT2D eigenvalue weighted by Gasteiger charge is 2.11. The molecule has 0 bridgehead atoms. The van der Waals surface area contributed by atoms with E-state index in [4.69, 9.17) is 0 Å². The van der Waals surface area contributed by atoms with Crippen LogP contribution in [-0.2, 0) is 5.75 Å². The molecule has 0 saturated carbocycles. The number of carbonyl (C=O) groups is 2. The van der Waals surface area contributed by atoms with Crippen LogP contribution in [0.25, 0.3) is 0 Å². The van der Waals surface area contributed by atoms with E-state index < -0.39 is 0 Å². The Morgan fingerprint density at radius 3 is 2.35 bits per heavy atom. The Morgan fingerprint density at radius 2 is 1.62 bits per heavy atom. The number of para-hydroxylation sites is 1. The lowest BCUT2D eigenvalue weighted by molar-refractivity contribution is 0.101. The fourth-order valence-corrected chi connectivity index (χ4v) is 4.96. The molecule has 0 aliphatic carbocycles. The number of carbonyl (C=O) groups excluding carboxylic acids is 2. The van der Waals surface area contributed by atoms with E-state index in [1.165, 1.54) is 11.3 Å². The van der Waals surface area contributed by atoms with Crippen molar-refractivity contribution in [2.24, 2.45) is 0 Å². The van der Waals surface area contributed by atoms with E-state index in [0.717, 1.165) is 21.1 Å². The number of aromatic nitrogens is 1. The zero-order chi connectivity index (χ0) is 23.9. The Balaban J connectivity index is 1.32. The first-order chi connectivity index (χ1) is 16.5. The van der Waals surface area contributed by atoms with Gasteiger partial charge < -0.3 is 10.2 Å². The Labute approximate surface area is 207 Å². The molecular weight excluding hydrogens is 464 g/mol. The van der Waals surface area contributed by atoms with Crippen LogP contribution >= 0.6 is 23.1 Å². The van der Waals surface area contributed by atoms with Crippen molar-refractivity contribution >= 4 is 51.4 Å². The maximum absolute atomic E-state index is 12.5. The van der Waals surface area contributed by atoms with Crippen LogP contribution in [0.4, 0.5) is 16.5 Å². The van der Waals surface area contributed by atoms with Crippen molar-refractivity contribution in [1.82, 2.24) is 4.98 Å². The summed E-state index contributed by atoms with van der Waals surface area (Å²) in [5.74, 6) is 0.362. The number of nitrogens with zero attached hydrogens (tertiary/aromatic N) is 2. The van der Waals surface area contributed by atoms with Crippen LogP contribution in [0.2, 0.25) is 0 Å². The third kappa shape index (κ3) is 6.24. The van der Waals surface area contributed by atoms with Gasteiger partial charge in [0.05, 0.1) is 10.4 Å². The minimum Gasteiger partial charge on any atom is -0.378 e. The summed E-state index contributed by atoms with van der Waals surface area (Å²) >= 11 is 3.04. The first-order valence-corrected chi connectivity index (χ1v) is 12.4. The van der Waals surface area contributed by atoms with Gasteiger partial charge in [0.2, 0.25) is 0 Å². The molecule has 0 fully saturated rings. The van der Waals surface area contributed by atoms with Gasteiger partial charge in [-0.05, 0) is 54.1 Å². The van der Waals surface area contributed by atoms with Crippen LogP contribution in [0.15, 0.2) is 89.3 Å². The Kier molecular flexibility index (Phi) is 7.61. The first-order valence-electron chi connectivity index (χ1n) is 10.6. The molecule has 0 unspecified atom stereocenters. The van der Waals surface area contributed by atoms with Gasteiger partial charge in [0, 0.05) is 42.3 Å². The number of thiazole rings is 1. The van der Waals surface area contributed by atoms with E-state index >= 15 is 0 Å². The molecule has 0 atom stereocenters. The molecule has 0 radical (unpaired) electrons. The summed E-state index contributed by atoms with van der Waals surface area (Å²) in [6.07, 6.45) is 1.76. The molecule has 1 heterocycles. The van der Waals surface area contributed by atoms with E-state index in [-0.39, 0.29) is 11.8 Å². The van der Waals surface area contributed by atoms with Crippen LogP contribution in [-0.4, -0.2) is 30.9 Å². The van der Waals surface area contributed by atoms with Crippen molar-refractivity contribution in [3.63, 3.8) is 0 Å². The number of amides is 2. The van der Waals surface area contributed by atoms with Gasteiger partial charge in [-0.25, -0.2) is 4.98 Å². The van der Waals surface area contributed by atoms with Gasteiger partial charge in [-0.3, -0.25) is 14.9 Å². The van der Waals surface area contributed by atoms with Crippen LogP contribution in [0.3, 0.4) is 0 Å². The lowest BCUT2D eigenvalue weighted by Gasteiger charge is -2.12. The maximum Gasteiger partial charge on any atom is 0.257 e. The second kappa shape index (κ2) is 11.0. The summed E-state index contributed by atoms with van der Waals surface area (Å²) in [6, 6.07) is 24.4. The molecule has 0 aliphatic heterocycles. The summed E-state index contributed by atoms with van der Waals surface area (Å²) in [4.78, 5) is 31.4. The fourth-order valence-electron chi connectivity index (χ4n) is 3.15. The lowest BCUT2D eigenvalue weighted by Crippen LogP contribution is -2.12. The highest BCUT2D eigenvalue weighted by atomic mass is 32.2. The smallest absolute Gasteiger partial charge is 0.257 e. The third-order valence-corrected chi connectivity index (χ3v) is 7.13. The topological polar surface area (TPSA) is 74.3 Å². The number of nitrogens with one attached hydrogen (secondary N) is 2. The summed E-state index contributed by atoms with van der Waals surface area (Å²) in [7, 11) is 3.92. The summed E-state index contributed by atoms with van der Waals surface area (Å²) in [5.41, 5.74) is 4.03. The number of hydrogen-bond acceptors (Lipinski definition) is 6. The van der Waals surface area contributed by atoms with Crippen LogP contribution in [0.5, 0.6) is 0 Å². The highest BCUT2D eigenvalue weighted by molar-refractivity contribution is 8.00. The standard InChI is InChI=1S/C26H24N4O2S2/c1-30(2)22-13-11-19(12-14-22)24(31)29-26-27-16-23(34-26)33-17-18-7-6-8-20(15-18)25(32)28-21-9-4-3-5-10-21/h3-16H,17H2,1-2H3,(H,28,32)(H,27,29,31). The molecule has 4 rings (SSSR count). The van der Waals surface area contributed by atoms with Crippen molar-refractivity contribution in [3.05, 3.63) is 102 Å². The van der Waals surface area contributed by atoms with Gasteiger partial charge >= 0.3 is 0 Å². The monoisotopic (exact) mass is 488 g/mol. The van der Waals surface area contributed by atoms with Crippen LogP contribution in [0.1, 0.15) is 26.3 Å². The largest absolute Gasteiger partial charge is 0.378 e. The van der Waals surface area contributed by atoms with Gasteiger partial charge in [0.15, 0.2) is 5.13 Å². The van der Waals surface area contributed by atoms with E-state index in [2.05, 4.69) is 15.6 Å². The molecule has 0 spiro atoms. The van der Waals surface area contributed by atoms with Gasteiger partial charge in [-0.2, -0.15) is 0 Å². The normalized spacial score (nSPS) is 10.5. The second-order valence-electron chi connectivity index (χ2n) is 7.69. The summed E-state index contributed by atoms with van der Waals surface area (Å²) in [6.45, 7) is 0. The first kappa shape index (κ1) is 23.5. The molecule has 172 valence electrons. The average molecular weight is 489 g/mol. The van der Waals surface area contributed by atoms with Crippen molar-refractivity contribution in [1.29, 1.82) is 0 Å². The molecule has 1 aromatic heterocycles. The number of hydrogen-bond donors (Lipinski definition) is 2. The zero-order valence-electron chi connectivity index (χ0n) is 18.8. The van der Waals surface area contributed by atoms with Gasteiger partial charge in [-0.1, -0.05) is 41.7 Å². The molecule has 8 heteroatoms.